The van der Waals surface area contributed by atoms with Crippen molar-refractivity contribution in [1.29, 1.82) is 0 Å². The zero-order valence-electron chi connectivity index (χ0n) is 18.5. The molecular weight excluding hydrogens is 422 g/mol. The first-order chi connectivity index (χ1) is 16.7. The lowest BCUT2D eigenvalue weighted by Crippen LogP contribution is -2.29. The molecule has 34 heavy (non-hydrogen) atoms. The van der Waals surface area contributed by atoms with Gasteiger partial charge in [-0.1, -0.05) is 78.9 Å². The molecule has 2 heterocycles. The van der Waals surface area contributed by atoms with E-state index in [-0.39, 0.29) is 5.91 Å². The highest BCUT2D eigenvalue weighted by atomic mass is 16.1. The molecule has 0 saturated heterocycles. The van der Waals surface area contributed by atoms with E-state index in [4.69, 9.17) is 4.99 Å². The molecule has 6 heteroatoms. The van der Waals surface area contributed by atoms with Crippen molar-refractivity contribution in [3.63, 3.8) is 0 Å². The number of rotatable bonds is 3. The van der Waals surface area contributed by atoms with Gasteiger partial charge in [-0.15, -0.1) is 10.2 Å². The Bertz CT molecular complexity index is 1570. The summed E-state index contributed by atoms with van der Waals surface area (Å²) in [5.74, 6) is 1.09. The van der Waals surface area contributed by atoms with E-state index < -0.39 is 6.17 Å². The lowest BCUT2D eigenvalue weighted by molar-refractivity contribution is 0.0936. The molecule has 6 rings (SSSR count). The molecule has 1 atom stereocenters. The van der Waals surface area contributed by atoms with Crippen LogP contribution in [0, 0.1) is 6.92 Å². The second-order valence-electron chi connectivity index (χ2n) is 8.24. The maximum absolute atomic E-state index is 13.4. The van der Waals surface area contributed by atoms with E-state index in [0.29, 0.717) is 11.4 Å². The molecule has 0 aliphatic carbocycles. The molecule has 5 aromatic rings. The van der Waals surface area contributed by atoms with Crippen LogP contribution in [-0.2, 0) is 0 Å². The first kappa shape index (κ1) is 20.1. The third-order valence-corrected chi connectivity index (χ3v) is 6.08. The summed E-state index contributed by atoms with van der Waals surface area (Å²) in [4.78, 5) is 18.4. The van der Waals surface area contributed by atoms with Crippen LogP contribution >= 0.6 is 0 Å². The van der Waals surface area contributed by atoms with Crippen molar-refractivity contribution in [2.45, 2.75) is 13.1 Å². The Hall–Kier alpha value is -4.58. The van der Waals surface area contributed by atoms with Crippen LogP contribution in [0.2, 0.25) is 0 Å². The van der Waals surface area contributed by atoms with Crippen LogP contribution in [0.4, 0.5) is 0 Å². The smallest absolute Gasteiger partial charge is 0.253 e. The molecule has 0 bridgehead atoms. The number of benzene rings is 4. The Morgan fingerprint density at radius 2 is 1.56 bits per heavy atom. The lowest BCUT2D eigenvalue weighted by atomic mass is 10.0. The van der Waals surface area contributed by atoms with Crippen molar-refractivity contribution in [2.75, 3.05) is 0 Å². The highest BCUT2D eigenvalue weighted by Crippen LogP contribution is 2.30. The zero-order chi connectivity index (χ0) is 23.1. The molecule has 1 N–H and O–H groups in total. The number of hydrogen-bond acceptors (Lipinski definition) is 4. The number of para-hydroxylation sites is 1. The summed E-state index contributed by atoms with van der Waals surface area (Å²) in [6, 6.07) is 31.7. The summed E-state index contributed by atoms with van der Waals surface area (Å²) < 4.78 is 1.97. The van der Waals surface area contributed by atoms with Gasteiger partial charge in [0.1, 0.15) is 5.82 Å². The maximum atomic E-state index is 13.4. The first-order valence-corrected chi connectivity index (χ1v) is 11.1. The summed E-state index contributed by atoms with van der Waals surface area (Å²) in [7, 11) is 0. The van der Waals surface area contributed by atoms with Crippen molar-refractivity contribution >= 4 is 22.4 Å². The van der Waals surface area contributed by atoms with Crippen molar-refractivity contribution in [3.05, 3.63) is 125 Å². The van der Waals surface area contributed by atoms with Crippen LogP contribution in [0.15, 0.2) is 102 Å². The minimum Gasteiger partial charge on any atom is -0.324 e. The van der Waals surface area contributed by atoms with Gasteiger partial charge < -0.3 is 5.32 Å². The van der Waals surface area contributed by atoms with Crippen LogP contribution in [0.25, 0.3) is 16.5 Å². The van der Waals surface area contributed by atoms with E-state index in [9.17, 15) is 4.79 Å². The predicted molar refractivity (Wildman–Crippen MR) is 132 cm³/mol. The topological polar surface area (TPSA) is 72.2 Å². The van der Waals surface area contributed by atoms with Crippen LogP contribution in [0.1, 0.15) is 39.3 Å². The SMILES string of the molecule is Cc1nnc2n1-c1ccccc1C(c1ccccc1)=NC2NC(=O)c1ccc2ccccc2c1. The van der Waals surface area contributed by atoms with Gasteiger partial charge in [-0.05, 0) is 35.9 Å². The third kappa shape index (κ3) is 3.36. The summed E-state index contributed by atoms with van der Waals surface area (Å²) in [5, 5.41) is 13.9. The Kier molecular flexibility index (Phi) is 4.77. The van der Waals surface area contributed by atoms with Gasteiger partial charge >= 0.3 is 0 Å². The van der Waals surface area contributed by atoms with Crippen LogP contribution in [0.3, 0.4) is 0 Å². The Balaban J connectivity index is 1.48. The number of amides is 1. The minimum atomic E-state index is -0.706. The van der Waals surface area contributed by atoms with Crippen molar-refractivity contribution in [2.24, 2.45) is 4.99 Å². The summed E-state index contributed by atoms with van der Waals surface area (Å²) in [6.45, 7) is 1.91. The van der Waals surface area contributed by atoms with E-state index in [0.717, 1.165) is 39.1 Å². The van der Waals surface area contributed by atoms with Crippen molar-refractivity contribution in [3.8, 4) is 5.69 Å². The summed E-state index contributed by atoms with van der Waals surface area (Å²) >= 11 is 0. The third-order valence-electron chi connectivity index (χ3n) is 6.08. The predicted octanol–water partition coefficient (Wildman–Crippen LogP) is 5.01. The van der Waals surface area contributed by atoms with Gasteiger partial charge in [-0.2, -0.15) is 0 Å². The fraction of sp³-hybridized carbons (Fsp3) is 0.0714. The maximum Gasteiger partial charge on any atom is 0.253 e. The van der Waals surface area contributed by atoms with E-state index >= 15 is 0 Å². The Labute approximate surface area is 196 Å². The number of aromatic nitrogens is 3. The second kappa shape index (κ2) is 8.08. The monoisotopic (exact) mass is 443 g/mol. The number of fused-ring (bicyclic) bond motifs is 4. The normalized spacial score (nSPS) is 14.6. The number of hydrogen-bond donors (Lipinski definition) is 1. The molecule has 0 saturated carbocycles. The lowest BCUT2D eigenvalue weighted by Gasteiger charge is -2.15. The average molecular weight is 444 g/mol. The van der Waals surface area contributed by atoms with Crippen molar-refractivity contribution < 1.29 is 4.79 Å². The van der Waals surface area contributed by atoms with Crippen LogP contribution in [-0.4, -0.2) is 26.4 Å². The molecule has 6 nitrogen and oxygen atoms in total. The molecular formula is C28H21N5O. The molecule has 0 radical (unpaired) electrons. The summed E-state index contributed by atoms with van der Waals surface area (Å²) in [5.41, 5.74) is 4.23. The Morgan fingerprint density at radius 1 is 0.824 bits per heavy atom. The van der Waals surface area contributed by atoms with Gasteiger partial charge in [-0.3, -0.25) is 14.4 Å². The van der Waals surface area contributed by atoms with E-state index in [1.165, 1.54) is 0 Å². The zero-order valence-corrected chi connectivity index (χ0v) is 18.5. The molecule has 164 valence electrons. The molecule has 1 aliphatic rings. The number of carbonyl (C=O) groups excluding carboxylic acids is 1. The molecule has 1 aromatic heterocycles. The number of aryl methyl sites for hydroxylation is 1. The summed E-state index contributed by atoms with van der Waals surface area (Å²) in [6.07, 6.45) is -0.706. The molecule has 1 amide bonds. The van der Waals surface area contributed by atoms with Gasteiger partial charge in [0.25, 0.3) is 5.91 Å². The minimum absolute atomic E-state index is 0.218. The van der Waals surface area contributed by atoms with Gasteiger partial charge in [0.15, 0.2) is 12.0 Å². The molecule has 0 fully saturated rings. The highest BCUT2D eigenvalue weighted by Gasteiger charge is 2.29. The molecule has 1 unspecified atom stereocenters. The fourth-order valence-corrected chi connectivity index (χ4v) is 4.44. The fourth-order valence-electron chi connectivity index (χ4n) is 4.44. The standard InChI is InChI=1S/C28H21N5O/c1-18-31-32-27-26(30-28(34)22-16-15-19-9-5-6-12-21(19)17-22)29-25(20-10-3-2-4-11-20)23-13-7-8-14-24(23)33(18)27/h2-17,26H,1H3,(H,30,34). The van der Waals surface area contributed by atoms with Gasteiger partial charge in [0.05, 0.1) is 11.4 Å². The van der Waals surface area contributed by atoms with Gasteiger partial charge in [0.2, 0.25) is 0 Å². The molecule has 1 aliphatic heterocycles. The van der Waals surface area contributed by atoms with E-state index in [1.54, 1.807) is 0 Å². The largest absolute Gasteiger partial charge is 0.324 e. The van der Waals surface area contributed by atoms with Gasteiger partial charge in [0, 0.05) is 16.7 Å². The van der Waals surface area contributed by atoms with E-state index in [1.807, 2.05) is 109 Å². The van der Waals surface area contributed by atoms with Crippen LogP contribution in [0.5, 0.6) is 0 Å². The quantitative estimate of drug-likeness (QED) is 0.426. The number of nitrogens with zero attached hydrogens (tertiary/aromatic N) is 4. The first-order valence-electron chi connectivity index (χ1n) is 11.1. The molecule has 0 spiro atoms. The number of nitrogens with one attached hydrogen (secondary N) is 1. The number of aliphatic imine (C=N–C) groups is 1. The highest BCUT2D eigenvalue weighted by molar-refractivity contribution is 6.15. The second-order valence-corrected chi connectivity index (χ2v) is 8.24. The molecule has 4 aromatic carbocycles. The van der Waals surface area contributed by atoms with E-state index in [2.05, 4.69) is 15.5 Å². The Morgan fingerprint density at radius 3 is 2.41 bits per heavy atom. The van der Waals surface area contributed by atoms with Crippen LogP contribution < -0.4 is 5.32 Å². The van der Waals surface area contributed by atoms with Gasteiger partial charge in [-0.25, -0.2) is 0 Å². The average Bonchev–Trinajstić information content (AvgIpc) is 3.21. The number of carbonyl (C=O) groups is 1. The van der Waals surface area contributed by atoms with Crippen molar-refractivity contribution in [1.82, 2.24) is 20.1 Å².